The van der Waals surface area contributed by atoms with Crippen LogP contribution in [0.2, 0.25) is 10.0 Å². The van der Waals surface area contributed by atoms with Crippen molar-refractivity contribution in [3.8, 4) is 11.5 Å². The Morgan fingerprint density at radius 1 is 0.795 bits per heavy atom. The summed E-state index contributed by atoms with van der Waals surface area (Å²) >= 11 is 18.2. The zero-order valence-corrected chi connectivity index (χ0v) is 25.1. The highest BCUT2D eigenvalue weighted by Gasteiger charge is 2.24. The zero-order chi connectivity index (χ0) is 29.4. The molecule has 0 fully saturated rings. The maximum atomic E-state index is 13.2. The quantitative estimate of drug-likeness (QED) is 0.218. The van der Waals surface area contributed by atoms with Crippen molar-refractivity contribution in [1.29, 1.82) is 0 Å². The second-order valence-electron chi connectivity index (χ2n) is 8.13. The van der Waals surface area contributed by atoms with E-state index < -0.39 is 49.6 Å². The molecular formula is C24H27Cl3O10S2. The molecule has 0 saturated heterocycles. The van der Waals surface area contributed by atoms with Gasteiger partial charge >= 0.3 is 11.9 Å². The molecule has 0 aliphatic rings. The fraction of sp³-hybridized carbons (Fsp3) is 0.417. The van der Waals surface area contributed by atoms with Gasteiger partial charge in [-0.1, -0.05) is 30.1 Å². The zero-order valence-electron chi connectivity index (χ0n) is 21.2. The lowest BCUT2D eigenvalue weighted by molar-refractivity contribution is -0.147. The summed E-state index contributed by atoms with van der Waals surface area (Å²) in [7, 11) is -7.53. The number of hydrogen-bond donors (Lipinski definition) is 0. The number of carbonyl (C=O) groups excluding carboxylic acids is 2. The second-order valence-corrected chi connectivity index (χ2v) is 13.6. The summed E-state index contributed by atoms with van der Waals surface area (Å²) in [6.07, 6.45) is -1.80. The topological polar surface area (TPSA) is 139 Å². The summed E-state index contributed by atoms with van der Waals surface area (Å²) < 4.78 is 71.3. The minimum atomic E-state index is -4.06. The Morgan fingerprint density at radius 2 is 1.23 bits per heavy atom. The van der Waals surface area contributed by atoms with Crippen LogP contribution in [0.4, 0.5) is 0 Å². The molecule has 0 aliphatic carbocycles. The molecule has 0 heterocycles. The third-order valence-electron chi connectivity index (χ3n) is 4.99. The fourth-order valence-electron chi connectivity index (χ4n) is 3.13. The van der Waals surface area contributed by atoms with Crippen molar-refractivity contribution in [2.24, 2.45) is 0 Å². The Morgan fingerprint density at radius 3 is 1.62 bits per heavy atom. The fourth-order valence-corrected chi connectivity index (χ4v) is 6.16. The highest BCUT2D eigenvalue weighted by atomic mass is 35.5. The van der Waals surface area contributed by atoms with Crippen LogP contribution in [0.25, 0.3) is 0 Å². The molecule has 0 spiro atoms. The Bertz CT molecular complexity index is 1390. The van der Waals surface area contributed by atoms with Crippen LogP contribution in [-0.2, 0) is 38.7 Å². The van der Waals surface area contributed by atoms with E-state index in [2.05, 4.69) is 0 Å². The number of hydrogen-bond acceptors (Lipinski definition) is 10. The van der Waals surface area contributed by atoms with Gasteiger partial charge in [0.05, 0.1) is 31.5 Å². The SMILES string of the molecule is CCS(=O)(=O)C[C@H](COc1ccc(S(=O)(=O)c2ccc(OC[C@H](CCl)OC(C)=O)c(Cl)c2)cc1Cl)OC(C)=O. The first-order valence-electron chi connectivity index (χ1n) is 11.4. The smallest absolute Gasteiger partial charge is 0.303 e. The summed E-state index contributed by atoms with van der Waals surface area (Å²) in [4.78, 5) is 22.2. The number of carbonyl (C=O) groups is 2. The highest BCUT2D eigenvalue weighted by Crippen LogP contribution is 2.33. The Kier molecular flexibility index (Phi) is 12.2. The van der Waals surface area contributed by atoms with Crippen LogP contribution >= 0.6 is 34.8 Å². The average Bonchev–Trinajstić information content (AvgIpc) is 2.85. The van der Waals surface area contributed by atoms with Crippen LogP contribution in [0.3, 0.4) is 0 Å². The molecule has 2 aromatic carbocycles. The molecule has 0 N–H and O–H groups in total. The molecule has 2 atom stereocenters. The standard InChI is InChI=1S/C24H27Cl3O10S2/c1-4-38(30,31)14-18(37-16(3)29)13-35-24-8-6-20(10-22(24)27)39(32,33)19-5-7-23(21(26)9-19)34-12-17(11-25)36-15(2)28/h5-10,17-18H,4,11-14H2,1-3H3/t17-,18-/m0/s1. The van der Waals surface area contributed by atoms with Crippen LogP contribution in [0.1, 0.15) is 20.8 Å². The van der Waals surface area contributed by atoms with Crippen molar-refractivity contribution < 1.29 is 45.4 Å². The second kappa shape index (κ2) is 14.4. The number of halogens is 3. The van der Waals surface area contributed by atoms with Gasteiger partial charge in [-0.15, -0.1) is 11.6 Å². The van der Waals surface area contributed by atoms with Gasteiger partial charge in [0.2, 0.25) is 9.84 Å². The number of benzene rings is 2. The third-order valence-corrected chi connectivity index (χ3v) is 9.44. The first-order chi connectivity index (χ1) is 18.2. The molecule has 0 radical (unpaired) electrons. The Labute approximate surface area is 242 Å². The molecule has 0 unspecified atom stereocenters. The summed E-state index contributed by atoms with van der Waals surface area (Å²) in [5, 5.41) is -0.0727. The molecule has 10 nitrogen and oxygen atoms in total. The van der Waals surface area contributed by atoms with Gasteiger partial charge < -0.3 is 18.9 Å². The minimum Gasteiger partial charge on any atom is -0.488 e. The first kappa shape index (κ1) is 33.0. The number of sulfone groups is 2. The van der Waals surface area contributed by atoms with E-state index in [-0.39, 0.29) is 56.2 Å². The van der Waals surface area contributed by atoms with Gasteiger partial charge in [0.15, 0.2) is 9.84 Å². The van der Waals surface area contributed by atoms with Crippen LogP contribution < -0.4 is 9.47 Å². The monoisotopic (exact) mass is 644 g/mol. The van der Waals surface area contributed by atoms with Gasteiger partial charge in [-0.2, -0.15) is 0 Å². The van der Waals surface area contributed by atoms with Gasteiger partial charge in [0, 0.05) is 19.6 Å². The molecule has 0 aromatic heterocycles. The molecule has 15 heteroatoms. The van der Waals surface area contributed by atoms with Crippen molar-refractivity contribution >= 4 is 66.4 Å². The minimum absolute atomic E-state index is 0.00295. The lowest BCUT2D eigenvalue weighted by Gasteiger charge is -2.18. The molecule has 2 rings (SSSR count). The van der Waals surface area contributed by atoms with E-state index in [9.17, 15) is 26.4 Å². The van der Waals surface area contributed by atoms with E-state index in [1.165, 1.54) is 50.2 Å². The Hall–Kier alpha value is -2.25. The summed E-state index contributed by atoms with van der Waals surface area (Å²) in [5.41, 5.74) is 0. The predicted molar refractivity (Wildman–Crippen MR) is 146 cm³/mol. The lowest BCUT2D eigenvalue weighted by atomic mass is 10.3. The molecule has 0 saturated carbocycles. The van der Waals surface area contributed by atoms with Crippen LogP contribution in [-0.4, -0.2) is 71.6 Å². The predicted octanol–water partition coefficient (Wildman–Crippen LogP) is 4.12. The van der Waals surface area contributed by atoms with Gasteiger partial charge in [-0.25, -0.2) is 16.8 Å². The maximum absolute atomic E-state index is 13.2. The van der Waals surface area contributed by atoms with Gasteiger partial charge in [0.1, 0.15) is 36.9 Å². The first-order valence-corrected chi connectivity index (χ1v) is 16.0. The van der Waals surface area contributed by atoms with Gasteiger partial charge in [0.25, 0.3) is 0 Å². The summed E-state index contributed by atoms with van der Waals surface area (Å²) in [6.45, 7) is 3.44. The lowest BCUT2D eigenvalue weighted by Crippen LogP contribution is -2.32. The number of esters is 2. The van der Waals surface area contributed by atoms with Crippen molar-refractivity contribution in [2.75, 3.05) is 30.6 Å². The number of rotatable bonds is 14. The van der Waals surface area contributed by atoms with Gasteiger partial charge in [-0.3, -0.25) is 9.59 Å². The molecule has 216 valence electrons. The van der Waals surface area contributed by atoms with E-state index in [4.69, 9.17) is 53.8 Å². The normalized spacial score (nSPS) is 13.3. The third kappa shape index (κ3) is 10.0. The van der Waals surface area contributed by atoms with E-state index >= 15 is 0 Å². The van der Waals surface area contributed by atoms with E-state index in [1.54, 1.807) is 0 Å². The average molecular weight is 646 g/mol. The Balaban J connectivity index is 2.18. The van der Waals surface area contributed by atoms with Crippen LogP contribution in [0, 0.1) is 0 Å². The maximum Gasteiger partial charge on any atom is 0.303 e. The number of alkyl halides is 1. The largest absolute Gasteiger partial charge is 0.488 e. The molecule has 39 heavy (non-hydrogen) atoms. The van der Waals surface area contributed by atoms with Crippen molar-refractivity contribution in [3.63, 3.8) is 0 Å². The van der Waals surface area contributed by atoms with Crippen molar-refractivity contribution in [2.45, 2.75) is 42.8 Å². The van der Waals surface area contributed by atoms with E-state index in [0.29, 0.717) is 0 Å². The highest BCUT2D eigenvalue weighted by molar-refractivity contribution is 7.91. The molecule has 0 aliphatic heterocycles. The van der Waals surface area contributed by atoms with Crippen LogP contribution in [0.15, 0.2) is 46.2 Å². The molecule has 0 amide bonds. The molecule has 0 bridgehead atoms. The van der Waals surface area contributed by atoms with Crippen molar-refractivity contribution in [3.05, 3.63) is 46.4 Å². The van der Waals surface area contributed by atoms with Gasteiger partial charge in [-0.05, 0) is 36.4 Å². The molecule has 2 aromatic rings. The number of ether oxygens (including phenoxy) is 4. The van der Waals surface area contributed by atoms with Crippen molar-refractivity contribution in [1.82, 2.24) is 0 Å². The molecular weight excluding hydrogens is 619 g/mol. The van der Waals surface area contributed by atoms with E-state index in [0.717, 1.165) is 6.92 Å². The van der Waals surface area contributed by atoms with Crippen LogP contribution in [0.5, 0.6) is 11.5 Å². The van der Waals surface area contributed by atoms with E-state index in [1.807, 2.05) is 0 Å². The summed E-state index contributed by atoms with van der Waals surface area (Å²) in [5.74, 6) is -1.58. The summed E-state index contributed by atoms with van der Waals surface area (Å²) in [6, 6.07) is 7.56.